The van der Waals surface area contributed by atoms with Gasteiger partial charge in [0.15, 0.2) is 0 Å². The maximum atomic E-state index is 5.68. The van der Waals surface area contributed by atoms with Crippen LogP contribution in [0.25, 0.3) is 0 Å². The molecule has 2 N–H and O–H groups in total. The Morgan fingerprint density at radius 2 is 2.21 bits per heavy atom. The summed E-state index contributed by atoms with van der Waals surface area (Å²) in [5.74, 6) is 1.76. The molecule has 14 heavy (non-hydrogen) atoms. The minimum Gasteiger partial charge on any atom is -0.493 e. The molecule has 0 aromatic heterocycles. The summed E-state index contributed by atoms with van der Waals surface area (Å²) in [6, 6.07) is 8.32. The summed E-state index contributed by atoms with van der Waals surface area (Å²) in [5, 5.41) is 0. The third kappa shape index (κ3) is 2.07. The summed E-state index contributed by atoms with van der Waals surface area (Å²) >= 11 is 0. The van der Waals surface area contributed by atoms with Gasteiger partial charge in [-0.2, -0.15) is 0 Å². The lowest BCUT2D eigenvalue weighted by molar-refractivity contribution is 0.291. The highest BCUT2D eigenvalue weighted by Crippen LogP contribution is 2.27. The summed E-state index contributed by atoms with van der Waals surface area (Å²) < 4.78 is 5.68. The van der Waals surface area contributed by atoms with Crippen molar-refractivity contribution in [2.75, 3.05) is 13.2 Å². The van der Waals surface area contributed by atoms with Crippen molar-refractivity contribution in [3.63, 3.8) is 0 Å². The zero-order chi connectivity index (χ0) is 9.80. The minimum atomic E-state index is 0.698. The molecule has 0 saturated carbocycles. The SMILES string of the molecule is NCCC1CCOc2ccccc2C1. The minimum absolute atomic E-state index is 0.698. The molecule has 1 aliphatic rings. The normalized spacial score (nSPS) is 20.8. The molecule has 0 amide bonds. The highest BCUT2D eigenvalue weighted by molar-refractivity contribution is 5.34. The van der Waals surface area contributed by atoms with Crippen molar-refractivity contribution in [2.24, 2.45) is 11.7 Å². The van der Waals surface area contributed by atoms with Crippen LogP contribution in [0.4, 0.5) is 0 Å². The van der Waals surface area contributed by atoms with Crippen LogP contribution in [-0.4, -0.2) is 13.2 Å². The van der Waals surface area contributed by atoms with E-state index in [4.69, 9.17) is 10.5 Å². The van der Waals surface area contributed by atoms with Gasteiger partial charge < -0.3 is 10.5 Å². The van der Waals surface area contributed by atoms with Crippen molar-refractivity contribution >= 4 is 0 Å². The molecule has 0 saturated heterocycles. The molecule has 0 aliphatic carbocycles. The van der Waals surface area contributed by atoms with Gasteiger partial charge in [0.1, 0.15) is 5.75 Å². The zero-order valence-electron chi connectivity index (χ0n) is 8.41. The van der Waals surface area contributed by atoms with Gasteiger partial charge in [0, 0.05) is 0 Å². The predicted octanol–water partition coefficient (Wildman–Crippen LogP) is 1.98. The smallest absolute Gasteiger partial charge is 0.122 e. The van der Waals surface area contributed by atoms with Gasteiger partial charge in [-0.15, -0.1) is 0 Å². The molecular weight excluding hydrogens is 174 g/mol. The van der Waals surface area contributed by atoms with Gasteiger partial charge in [0.25, 0.3) is 0 Å². The monoisotopic (exact) mass is 191 g/mol. The van der Waals surface area contributed by atoms with Crippen LogP contribution in [0.2, 0.25) is 0 Å². The van der Waals surface area contributed by atoms with Gasteiger partial charge in [-0.05, 0) is 43.4 Å². The van der Waals surface area contributed by atoms with Crippen molar-refractivity contribution in [2.45, 2.75) is 19.3 Å². The van der Waals surface area contributed by atoms with E-state index in [1.165, 1.54) is 5.56 Å². The van der Waals surface area contributed by atoms with Crippen LogP contribution in [0.1, 0.15) is 18.4 Å². The quantitative estimate of drug-likeness (QED) is 0.775. The average molecular weight is 191 g/mol. The highest BCUT2D eigenvalue weighted by atomic mass is 16.5. The first-order valence-corrected chi connectivity index (χ1v) is 5.31. The number of benzene rings is 1. The van der Waals surface area contributed by atoms with Gasteiger partial charge in [-0.1, -0.05) is 18.2 Å². The Morgan fingerprint density at radius 3 is 3.07 bits per heavy atom. The summed E-state index contributed by atoms with van der Waals surface area (Å²) in [7, 11) is 0. The van der Waals surface area contributed by atoms with Crippen molar-refractivity contribution < 1.29 is 4.74 Å². The average Bonchev–Trinajstić information content (AvgIpc) is 2.40. The Kier molecular flexibility index (Phi) is 3.04. The van der Waals surface area contributed by atoms with Crippen molar-refractivity contribution in [3.8, 4) is 5.75 Å². The Labute approximate surface area is 85.1 Å². The van der Waals surface area contributed by atoms with E-state index >= 15 is 0 Å². The first-order valence-electron chi connectivity index (χ1n) is 5.31. The Bertz CT molecular complexity index is 298. The van der Waals surface area contributed by atoms with Gasteiger partial charge in [-0.25, -0.2) is 0 Å². The third-order valence-electron chi connectivity index (χ3n) is 2.84. The summed E-state index contributed by atoms with van der Waals surface area (Å²) in [6.45, 7) is 1.62. The van der Waals surface area contributed by atoms with Gasteiger partial charge in [-0.3, -0.25) is 0 Å². The molecule has 1 heterocycles. The van der Waals surface area contributed by atoms with Crippen molar-refractivity contribution in [1.29, 1.82) is 0 Å². The summed E-state index contributed by atoms with van der Waals surface area (Å²) in [5.41, 5.74) is 6.93. The van der Waals surface area contributed by atoms with Crippen LogP contribution in [0.5, 0.6) is 5.75 Å². The molecule has 1 aliphatic heterocycles. The molecule has 0 spiro atoms. The van der Waals surface area contributed by atoms with Gasteiger partial charge >= 0.3 is 0 Å². The van der Waals surface area contributed by atoms with Crippen LogP contribution in [-0.2, 0) is 6.42 Å². The lowest BCUT2D eigenvalue weighted by Crippen LogP contribution is -2.11. The molecule has 2 heteroatoms. The molecular formula is C12H17NO. The van der Waals surface area contributed by atoms with E-state index in [0.29, 0.717) is 5.92 Å². The van der Waals surface area contributed by atoms with Gasteiger partial charge in [0.2, 0.25) is 0 Å². The second-order valence-electron chi connectivity index (χ2n) is 3.89. The molecule has 2 nitrogen and oxygen atoms in total. The molecule has 76 valence electrons. The lowest BCUT2D eigenvalue weighted by Gasteiger charge is -2.11. The number of hydrogen-bond acceptors (Lipinski definition) is 2. The Hall–Kier alpha value is -1.02. The van der Waals surface area contributed by atoms with Crippen LogP contribution < -0.4 is 10.5 Å². The topological polar surface area (TPSA) is 35.2 Å². The largest absolute Gasteiger partial charge is 0.493 e. The molecule has 1 aromatic carbocycles. The number of para-hydroxylation sites is 1. The van der Waals surface area contributed by atoms with Crippen LogP contribution in [0.15, 0.2) is 24.3 Å². The Balaban J connectivity index is 2.14. The van der Waals surface area contributed by atoms with E-state index in [1.807, 2.05) is 6.07 Å². The summed E-state index contributed by atoms with van der Waals surface area (Å²) in [6.07, 6.45) is 3.36. The molecule has 0 radical (unpaired) electrons. The van der Waals surface area contributed by atoms with Crippen LogP contribution in [0.3, 0.4) is 0 Å². The van der Waals surface area contributed by atoms with E-state index in [0.717, 1.165) is 38.2 Å². The van der Waals surface area contributed by atoms with E-state index in [2.05, 4.69) is 18.2 Å². The second kappa shape index (κ2) is 4.47. The highest BCUT2D eigenvalue weighted by Gasteiger charge is 2.16. The molecule has 1 atom stereocenters. The number of hydrogen-bond donors (Lipinski definition) is 1. The number of rotatable bonds is 2. The van der Waals surface area contributed by atoms with Crippen LogP contribution >= 0.6 is 0 Å². The van der Waals surface area contributed by atoms with E-state index < -0.39 is 0 Å². The number of ether oxygens (including phenoxy) is 1. The fourth-order valence-electron chi connectivity index (χ4n) is 2.04. The molecule has 0 bridgehead atoms. The van der Waals surface area contributed by atoms with E-state index in [9.17, 15) is 0 Å². The Morgan fingerprint density at radius 1 is 1.36 bits per heavy atom. The second-order valence-corrected chi connectivity index (χ2v) is 3.89. The van der Waals surface area contributed by atoms with E-state index in [1.54, 1.807) is 0 Å². The van der Waals surface area contributed by atoms with Crippen LogP contribution in [0, 0.1) is 5.92 Å². The molecule has 0 fully saturated rings. The number of fused-ring (bicyclic) bond motifs is 1. The predicted molar refractivity (Wildman–Crippen MR) is 57.4 cm³/mol. The fraction of sp³-hybridized carbons (Fsp3) is 0.500. The zero-order valence-corrected chi connectivity index (χ0v) is 8.41. The third-order valence-corrected chi connectivity index (χ3v) is 2.84. The molecule has 2 rings (SSSR count). The maximum absolute atomic E-state index is 5.68. The maximum Gasteiger partial charge on any atom is 0.122 e. The van der Waals surface area contributed by atoms with E-state index in [-0.39, 0.29) is 0 Å². The van der Waals surface area contributed by atoms with Crippen molar-refractivity contribution in [3.05, 3.63) is 29.8 Å². The summed E-state index contributed by atoms with van der Waals surface area (Å²) in [4.78, 5) is 0. The van der Waals surface area contributed by atoms with Gasteiger partial charge in [0.05, 0.1) is 6.61 Å². The fourth-order valence-corrected chi connectivity index (χ4v) is 2.04. The standard InChI is InChI=1S/C12H17NO/c13-7-5-10-6-8-14-12-4-2-1-3-11(12)9-10/h1-4,10H,5-9,13H2. The lowest BCUT2D eigenvalue weighted by atomic mass is 9.94. The molecule has 1 unspecified atom stereocenters. The number of nitrogens with two attached hydrogens (primary N) is 1. The molecule has 1 aromatic rings. The first-order chi connectivity index (χ1) is 6.90. The van der Waals surface area contributed by atoms with Crippen molar-refractivity contribution in [1.82, 2.24) is 0 Å². The first kappa shape index (κ1) is 9.53.